The highest BCUT2D eigenvalue weighted by atomic mass is 35.5. The van der Waals surface area contributed by atoms with Gasteiger partial charge in [0.25, 0.3) is 11.8 Å². The lowest BCUT2D eigenvalue weighted by atomic mass is 9.94. The average molecular weight is 575 g/mol. The van der Waals surface area contributed by atoms with Gasteiger partial charge < -0.3 is 24.8 Å². The minimum Gasteiger partial charge on any atom is -0.378 e. The van der Waals surface area contributed by atoms with Crippen LogP contribution in [0, 0.1) is 0 Å². The molecule has 0 unspecified atom stereocenters. The van der Waals surface area contributed by atoms with Crippen LogP contribution >= 0.6 is 11.6 Å². The number of carbonyl (C=O) groups is 3. The summed E-state index contributed by atoms with van der Waals surface area (Å²) in [5, 5.41) is 3.47. The summed E-state index contributed by atoms with van der Waals surface area (Å²) < 4.78 is 5.45. The van der Waals surface area contributed by atoms with E-state index in [-0.39, 0.29) is 23.6 Å². The van der Waals surface area contributed by atoms with Gasteiger partial charge in [-0.2, -0.15) is 0 Å². The van der Waals surface area contributed by atoms with E-state index in [1.165, 1.54) is 0 Å². The summed E-state index contributed by atoms with van der Waals surface area (Å²) in [6.45, 7) is 6.42. The van der Waals surface area contributed by atoms with Crippen LogP contribution in [0.15, 0.2) is 72.8 Å². The van der Waals surface area contributed by atoms with E-state index in [1.54, 1.807) is 35.2 Å². The monoisotopic (exact) mass is 574 g/mol. The Bertz CT molecular complexity index is 1370. The zero-order valence-electron chi connectivity index (χ0n) is 23.2. The number of piperazine rings is 1. The molecule has 8 nitrogen and oxygen atoms in total. The Hall–Kier alpha value is -3.88. The highest BCUT2D eigenvalue weighted by Gasteiger charge is 2.30. The molecule has 0 bridgehead atoms. The zero-order chi connectivity index (χ0) is 28.8. The summed E-state index contributed by atoms with van der Waals surface area (Å²) in [4.78, 5) is 45.9. The molecule has 0 aliphatic carbocycles. The van der Waals surface area contributed by atoms with Crippen LogP contribution in [-0.2, 0) is 9.53 Å². The Balaban J connectivity index is 1.34. The number of hydrogen-bond acceptors (Lipinski definition) is 5. The highest BCUT2D eigenvalue weighted by Crippen LogP contribution is 2.29. The first-order valence-corrected chi connectivity index (χ1v) is 14.5. The Morgan fingerprint density at radius 2 is 1.54 bits per heavy atom. The first-order valence-electron chi connectivity index (χ1n) is 14.1. The summed E-state index contributed by atoms with van der Waals surface area (Å²) in [5.41, 5.74) is 3.37. The minimum atomic E-state index is -0.282. The quantitative estimate of drug-likeness (QED) is 0.434. The number of amides is 3. The van der Waals surface area contributed by atoms with Gasteiger partial charge in [0.05, 0.1) is 24.7 Å². The van der Waals surface area contributed by atoms with Gasteiger partial charge in [-0.15, -0.1) is 0 Å². The molecule has 2 fully saturated rings. The number of rotatable bonds is 7. The molecular formula is C32H35ClN4O4. The molecule has 2 aliphatic heterocycles. The molecule has 2 aliphatic rings. The van der Waals surface area contributed by atoms with Crippen LogP contribution in [0.3, 0.4) is 0 Å². The number of anilines is 2. The molecule has 1 atom stereocenters. The van der Waals surface area contributed by atoms with Crippen molar-refractivity contribution in [2.24, 2.45) is 0 Å². The predicted molar refractivity (Wildman–Crippen MR) is 161 cm³/mol. The lowest BCUT2D eigenvalue weighted by Crippen LogP contribution is -2.50. The fraction of sp³-hybridized carbons (Fsp3) is 0.344. The van der Waals surface area contributed by atoms with Gasteiger partial charge in [-0.3, -0.25) is 14.4 Å². The fourth-order valence-electron chi connectivity index (χ4n) is 5.43. The minimum absolute atomic E-state index is 0.0977. The first-order chi connectivity index (χ1) is 19.9. The number of morpholine rings is 1. The van der Waals surface area contributed by atoms with Crippen molar-refractivity contribution in [2.75, 3.05) is 62.7 Å². The molecule has 0 saturated carbocycles. The molecule has 0 aromatic heterocycles. The average Bonchev–Trinajstić information content (AvgIpc) is 3.02. The predicted octanol–water partition coefficient (Wildman–Crippen LogP) is 4.91. The van der Waals surface area contributed by atoms with Crippen molar-refractivity contribution in [2.45, 2.75) is 19.3 Å². The summed E-state index contributed by atoms with van der Waals surface area (Å²) in [6.07, 6.45) is 0.741. The van der Waals surface area contributed by atoms with Crippen LogP contribution in [0.25, 0.3) is 0 Å². The summed E-state index contributed by atoms with van der Waals surface area (Å²) in [7, 11) is 0. The normalized spacial score (nSPS) is 16.3. The van der Waals surface area contributed by atoms with Crippen LogP contribution in [-0.4, -0.2) is 80.0 Å². The number of nitrogens with zero attached hydrogens (tertiary/aromatic N) is 3. The van der Waals surface area contributed by atoms with Crippen molar-refractivity contribution < 1.29 is 19.1 Å². The van der Waals surface area contributed by atoms with Crippen molar-refractivity contribution in [1.82, 2.24) is 9.80 Å². The molecule has 3 aromatic rings. The topological polar surface area (TPSA) is 82.2 Å². The van der Waals surface area contributed by atoms with Gasteiger partial charge in [0.15, 0.2) is 0 Å². The first kappa shape index (κ1) is 28.6. The number of halogens is 1. The molecule has 3 amide bonds. The SMILES string of the molecule is CC[C@H](C(=O)N1CCN(c2ccc(NC(=O)c3ccc(Cl)cc3)cc2C(=O)N2CCOCC2)CC1)c1ccccc1. The van der Waals surface area contributed by atoms with Crippen molar-refractivity contribution in [1.29, 1.82) is 0 Å². The number of hydrogen-bond donors (Lipinski definition) is 1. The van der Waals surface area contributed by atoms with Crippen molar-refractivity contribution in [3.8, 4) is 0 Å². The van der Waals surface area contributed by atoms with E-state index in [0.717, 1.165) is 17.7 Å². The molecule has 2 heterocycles. The summed E-state index contributed by atoms with van der Waals surface area (Å²) in [5.74, 6) is -0.400. The molecule has 0 spiro atoms. The molecule has 41 heavy (non-hydrogen) atoms. The Morgan fingerprint density at radius 1 is 0.854 bits per heavy atom. The number of carbonyl (C=O) groups excluding carboxylic acids is 3. The van der Waals surface area contributed by atoms with Gasteiger partial charge >= 0.3 is 0 Å². The van der Waals surface area contributed by atoms with E-state index in [9.17, 15) is 14.4 Å². The highest BCUT2D eigenvalue weighted by molar-refractivity contribution is 6.30. The molecule has 2 saturated heterocycles. The lowest BCUT2D eigenvalue weighted by molar-refractivity contribution is -0.133. The van der Waals surface area contributed by atoms with Gasteiger partial charge in [-0.05, 0) is 54.4 Å². The Morgan fingerprint density at radius 3 is 2.20 bits per heavy atom. The van der Waals surface area contributed by atoms with E-state index < -0.39 is 0 Å². The largest absolute Gasteiger partial charge is 0.378 e. The molecular weight excluding hydrogens is 540 g/mol. The number of benzene rings is 3. The summed E-state index contributed by atoms with van der Waals surface area (Å²) >= 11 is 5.97. The standard InChI is InChI=1S/C32H35ClN4O4/c1-2-27(23-6-4-3-5-7-23)31(39)36-16-14-35(15-17-36)29-13-12-26(34-30(38)24-8-10-25(33)11-9-24)22-28(29)32(40)37-18-20-41-21-19-37/h3-13,22,27H,2,14-21H2,1H3,(H,34,38)/t27-/m0/s1. The van der Waals surface area contributed by atoms with E-state index >= 15 is 0 Å². The maximum atomic E-state index is 13.7. The van der Waals surface area contributed by atoms with Crippen LogP contribution in [0.4, 0.5) is 11.4 Å². The van der Waals surface area contributed by atoms with Crippen LogP contribution in [0.5, 0.6) is 0 Å². The molecule has 1 N–H and O–H groups in total. The van der Waals surface area contributed by atoms with Crippen molar-refractivity contribution in [3.63, 3.8) is 0 Å². The van der Waals surface area contributed by atoms with Crippen molar-refractivity contribution >= 4 is 40.7 Å². The molecule has 3 aromatic carbocycles. The van der Waals surface area contributed by atoms with Gasteiger partial charge in [0.2, 0.25) is 5.91 Å². The van der Waals surface area contributed by atoms with E-state index in [1.807, 2.05) is 54.3 Å². The Labute approximate surface area is 245 Å². The third-order valence-corrected chi connectivity index (χ3v) is 7.98. The molecule has 0 radical (unpaired) electrons. The van der Waals surface area contributed by atoms with Crippen molar-refractivity contribution in [3.05, 3.63) is 94.5 Å². The van der Waals surface area contributed by atoms with E-state index in [4.69, 9.17) is 16.3 Å². The number of ether oxygens (including phenoxy) is 1. The zero-order valence-corrected chi connectivity index (χ0v) is 24.0. The van der Waals surface area contributed by atoms with Crippen LogP contribution in [0.2, 0.25) is 5.02 Å². The van der Waals surface area contributed by atoms with Gasteiger partial charge in [-0.1, -0.05) is 48.9 Å². The van der Waals surface area contributed by atoms with Gasteiger partial charge in [-0.25, -0.2) is 0 Å². The third-order valence-electron chi connectivity index (χ3n) is 7.73. The molecule has 214 valence electrons. The van der Waals surface area contributed by atoms with Gasteiger partial charge in [0.1, 0.15) is 0 Å². The maximum Gasteiger partial charge on any atom is 0.256 e. The second-order valence-electron chi connectivity index (χ2n) is 10.3. The van der Waals surface area contributed by atoms with E-state index in [0.29, 0.717) is 74.3 Å². The third kappa shape index (κ3) is 6.72. The smallest absolute Gasteiger partial charge is 0.256 e. The van der Waals surface area contributed by atoms with Crippen LogP contribution in [0.1, 0.15) is 45.5 Å². The van der Waals surface area contributed by atoms with Gasteiger partial charge in [0, 0.05) is 61.2 Å². The second kappa shape index (κ2) is 13.2. The summed E-state index contributed by atoms with van der Waals surface area (Å²) in [6, 6.07) is 22.0. The maximum absolute atomic E-state index is 13.7. The lowest BCUT2D eigenvalue weighted by Gasteiger charge is -2.38. The second-order valence-corrected chi connectivity index (χ2v) is 10.7. The molecule has 5 rings (SSSR count). The van der Waals surface area contributed by atoms with E-state index in [2.05, 4.69) is 10.2 Å². The fourth-order valence-corrected chi connectivity index (χ4v) is 5.55. The molecule has 9 heteroatoms. The Kier molecular flexibility index (Phi) is 9.21. The number of nitrogens with one attached hydrogen (secondary N) is 1. The van der Waals surface area contributed by atoms with Crippen LogP contribution < -0.4 is 10.2 Å².